The summed E-state index contributed by atoms with van der Waals surface area (Å²) in [6.07, 6.45) is -35.5. The maximum atomic E-state index is 12.8. The van der Waals surface area contributed by atoms with Gasteiger partial charge in [-0.15, -0.1) is 0 Å². The zero-order valence-corrected chi connectivity index (χ0v) is 52.4. The molecule has 0 aromatic carbocycles. The molecule has 0 bridgehead atoms. The highest BCUT2D eigenvalue weighted by Gasteiger charge is 2.70. The van der Waals surface area contributed by atoms with Crippen LogP contribution < -0.4 is 0 Å². The molecule has 4 aliphatic carbocycles. The van der Waals surface area contributed by atoms with Gasteiger partial charge >= 0.3 is 0 Å². The van der Waals surface area contributed by atoms with Crippen molar-refractivity contribution in [3.8, 4) is 0 Å². The number of ether oxygens (including phenoxy) is 10. The summed E-state index contributed by atoms with van der Waals surface area (Å²) < 4.78 is 59.9. The van der Waals surface area contributed by atoms with Gasteiger partial charge in [-0.1, -0.05) is 60.1 Å². The zero-order chi connectivity index (χ0) is 65.5. The van der Waals surface area contributed by atoms with Gasteiger partial charge in [-0.3, -0.25) is 0 Å². The lowest BCUT2D eigenvalue weighted by molar-refractivity contribution is -0.380. The summed E-state index contributed by atoms with van der Waals surface area (Å²) in [6, 6.07) is 0. The Morgan fingerprint density at radius 2 is 1.00 bits per heavy atom. The fraction of sp³-hybridized carbons (Fsp3) is 0.967. The van der Waals surface area contributed by atoms with Gasteiger partial charge in [0.1, 0.15) is 116 Å². The molecule has 5 saturated heterocycles. The van der Waals surface area contributed by atoms with E-state index in [1.807, 2.05) is 13.8 Å². The average molecular weight is 1290 g/mol. The second-order valence-corrected chi connectivity index (χ2v) is 28.9. The lowest BCUT2D eigenvalue weighted by Gasteiger charge is -2.67. The fourth-order valence-corrected chi connectivity index (χ4v) is 17.2. The predicted molar refractivity (Wildman–Crippen MR) is 303 cm³/mol. The van der Waals surface area contributed by atoms with Crippen LogP contribution in [0.3, 0.4) is 0 Å². The number of rotatable bonds is 20. The molecule has 28 heteroatoms. The number of aliphatic hydroxyl groups excluding tert-OH is 17. The van der Waals surface area contributed by atoms with Gasteiger partial charge in [-0.05, 0) is 106 Å². The SMILES string of the molecule is CC[C@H]1O[C@H](OC[C@H]2O[C@@H](O[C@H](CC[C@@H](C)C3CC[C@@]4(C)C5CC=C6C(CC[C@H](O[C@@H]7O[C@H](CO[C@H]8O[C@H](CO)[C@@H](O)[C@H](O)[C@H]8O)[C@@H](O)[C@H](O)[C@H]7O)C6(C)C)[C@]5(C)[C@H](O)C[C@]34C)C(C)(C)O)[C@H](O[C@@H]3O[C@H](CO)[C@@H](O)[C@H](O)[C@H]3O)[C@@H](O)[C@@H]2O)[C@H](O)[C@@H](O)[C@@H]1O. The Bertz CT molecular complexity index is 2340. The van der Waals surface area contributed by atoms with Crippen LogP contribution in [0.25, 0.3) is 0 Å². The fourth-order valence-electron chi connectivity index (χ4n) is 17.2. The molecule has 0 amide bonds. The summed E-state index contributed by atoms with van der Waals surface area (Å²) in [7, 11) is 0. The van der Waals surface area contributed by atoms with Crippen LogP contribution in [0.5, 0.6) is 0 Å². The predicted octanol–water partition coefficient (Wildman–Crippen LogP) is -3.99. The van der Waals surface area contributed by atoms with Gasteiger partial charge < -0.3 is 139 Å². The first-order chi connectivity index (χ1) is 41.6. The van der Waals surface area contributed by atoms with Gasteiger partial charge in [0.05, 0.1) is 56.4 Å². The van der Waals surface area contributed by atoms with Crippen molar-refractivity contribution in [2.75, 3.05) is 26.4 Å². The summed E-state index contributed by atoms with van der Waals surface area (Å²) in [5, 5.41) is 196. The lowest BCUT2D eigenvalue weighted by Crippen LogP contribution is -2.65. The van der Waals surface area contributed by atoms with Crippen molar-refractivity contribution < 1.29 is 139 Å². The molecule has 516 valence electrons. The van der Waals surface area contributed by atoms with Gasteiger partial charge in [-0.25, -0.2) is 0 Å². The number of allylic oxidation sites excluding steroid dienone is 1. The summed E-state index contributed by atoms with van der Waals surface area (Å²) in [4.78, 5) is 0. The Morgan fingerprint density at radius 3 is 1.53 bits per heavy atom. The number of hydrogen-bond donors (Lipinski definition) is 18. The van der Waals surface area contributed by atoms with Crippen LogP contribution in [-0.4, -0.2) is 296 Å². The molecule has 5 aliphatic heterocycles. The molecule has 8 fully saturated rings. The van der Waals surface area contributed by atoms with Crippen molar-refractivity contribution in [1.82, 2.24) is 0 Å². The normalized spacial score (nSPS) is 51.8. The third kappa shape index (κ3) is 13.1. The molecule has 0 aromatic heterocycles. The van der Waals surface area contributed by atoms with E-state index in [1.165, 1.54) is 13.8 Å². The van der Waals surface area contributed by atoms with E-state index < -0.39 is 215 Å². The van der Waals surface area contributed by atoms with E-state index in [-0.39, 0.29) is 47.3 Å². The molecular weight excluding hydrogens is 1180 g/mol. The molecule has 5 heterocycles. The average Bonchev–Trinajstić information content (AvgIpc) is 1.66. The van der Waals surface area contributed by atoms with Crippen molar-refractivity contribution in [3.05, 3.63) is 11.6 Å². The highest BCUT2D eigenvalue weighted by molar-refractivity contribution is 5.32. The van der Waals surface area contributed by atoms with Crippen molar-refractivity contribution in [2.24, 2.45) is 45.3 Å². The van der Waals surface area contributed by atoms with Crippen LogP contribution in [0.15, 0.2) is 11.6 Å². The van der Waals surface area contributed by atoms with E-state index in [0.29, 0.717) is 32.1 Å². The topological polar surface area (TPSA) is 456 Å². The summed E-state index contributed by atoms with van der Waals surface area (Å²) in [5.41, 5.74) is -2.41. The largest absolute Gasteiger partial charge is 0.394 e. The molecule has 89 heavy (non-hydrogen) atoms. The second-order valence-electron chi connectivity index (χ2n) is 28.9. The molecule has 3 unspecified atom stereocenters. The van der Waals surface area contributed by atoms with Crippen molar-refractivity contribution in [1.29, 1.82) is 0 Å². The first kappa shape index (κ1) is 71.9. The molecule has 0 radical (unpaired) electrons. The van der Waals surface area contributed by atoms with Crippen molar-refractivity contribution in [3.63, 3.8) is 0 Å². The van der Waals surface area contributed by atoms with Crippen LogP contribution in [0.2, 0.25) is 0 Å². The quantitative estimate of drug-likeness (QED) is 0.0517. The van der Waals surface area contributed by atoms with E-state index >= 15 is 0 Å². The third-order valence-electron chi connectivity index (χ3n) is 23.1. The van der Waals surface area contributed by atoms with Gasteiger partial charge in [0.15, 0.2) is 31.5 Å². The summed E-state index contributed by atoms with van der Waals surface area (Å²) in [5.74, 6) is 0.0363. The standard InChI is InChI=1S/C61H104O28/c1-10-28-37(65)42(70)47(75)52(82-28)80-23-32-41(69)46(74)51(89-55-50(78)44(72)39(67)30(21-63)84-55)56(86-32)88-36(58(5,6)79)15-11-24(2)25-17-18-59(7)33-14-12-26-27(61(33,9)34(64)19-60(25,59)8)13-16-35(57(26,3)4)87-54-49(77)45(73)40(68)31(85-54)22-81-53-48(76)43(71)38(66)29(20-62)83-53/h12,24-25,27-56,62-79H,10-11,13-23H2,1-9H3/t24-,25?,27?,28-,29-,30-,31-,32-,33?,34-,35+,36-,37-,38-,39-,40-,41-,42+,43+,44+,45+,46+,47-,48-,49-,50-,51-,52+,53+,54+,55+,56+,59+,60-,61+/m1/s1. The molecule has 3 saturated carbocycles. The second kappa shape index (κ2) is 27.6. The minimum absolute atomic E-state index is 0.0198. The maximum Gasteiger partial charge on any atom is 0.187 e. The minimum atomic E-state index is -1.93. The zero-order valence-electron chi connectivity index (χ0n) is 52.4. The Hall–Kier alpha value is -1.38. The number of aliphatic hydroxyl groups is 18. The van der Waals surface area contributed by atoms with E-state index in [0.717, 1.165) is 18.4 Å². The Balaban J connectivity index is 0.883. The summed E-state index contributed by atoms with van der Waals surface area (Å²) in [6.45, 7) is 15.2. The third-order valence-corrected chi connectivity index (χ3v) is 23.1. The monoisotopic (exact) mass is 1280 g/mol. The van der Waals surface area contributed by atoms with Crippen molar-refractivity contribution >= 4 is 0 Å². The Morgan fingerprint density at radius 1 is 0.539 bits per heavy atom. The van der Waals surface area contributed by atoms with E-state index in [2.05, 4.69) is 33.8 Å². The van der Waals surface area contributed by atoms with Crippen molar-refractivity contribution in [2.45, 2.75) is 298 Å². The number of hydrogen-bond acceptors (Lipinski definition) is 28. The van der Waals surface area contributed by atoms with Crippen LogP contribution in [-0.2, 0) is 47.4 Å². The lowest BCUT2D eigenvalue weighted by atomic mass is 9.38. The first-order valence-electron chi connectivity index (χ1n) is 31.9. The van der Waals surface area contributed by atoms with Gasteiger partial charge in [-0.2, -0.15) is 0 Å². The number of fused-ring (bicyclic) bond motifs is 5. The van der Waals surface area contributed by atoms with Crippen LogP contribution in [0.4, 0.5) is 0 Å². The molecule has 0 spiro atoms. The molecular formula is C61H104O28. The molecule has 9 rings (SSSR count). The van der Waals surface area contributed by atoms with Gasteiger partial charge in [0, 0.05) is 10.8 Å². The highest BCUT2D eigenvalue weighted by Crippen LogP contribution is 2.75. The smallest absolute Gasteiger partial charge is 0.187 e. The van der Waals surface area contributed by atoms with Crippen LogP contribution in [0, 0.1) is 45.3 Å². The molecule has 35 atom stereocenters. The van der Waals surface area contributed by atoms with E-state index in [4.69, 9.17) is 47.4 Å². The Kier molecular flexibility index (Phi) is 22.3. The van der Waals surface area contributed by atoms with Gasteiger partial charge in [0.25, 0.3) is 0 Å². The minimum Gasteiger partial charge on any atom is -0.394 e. The molecule has 18 N–H and O–H groups in total. The maximum absolute atomic E-state index is 12.8. The molecule has 28 nitrogen and oxygen atoms in total. The summed E-state index contributed by atoms with van der Waals surface area (Å²) >= 11 is 0. The highest BCUT2D eigenvalue weighted by atomic mass is 16.8. The Labute approximate surface area is 518 Å². The van der Waals surface area contributed by atoms with Crippen LogP contribution in [0.1, 0.15) is 120 Å². The molecule has 0 aromatic rings. The van der Waals surface area contributed by atoms with E-state index in [9.17, 15) is 91.9 Å². The molecule has 9 aliphatic rings. The van der Waals surface area contributed by atoms with Gasteiger partial charge in [0.2, 0.25) is 0 Å². The first-order valence-corrected chi connectivity index (χ1v) is 31.9. The van der Waals surface area contributed by atoms with E-state index in [1.54, 1.807) is 6.92 Å². The van der Waals surface area contributed by atoms with Crippen LogP contribution >= 0.6 is 0 Å².